The first kappa shape index (κ1) is 8.82. The Morgan fingerprint density at radius 3 is 2.64 bits per heavy atom. The van der Waals surface area contributed by atoms with Crippen molar-refractivity contribution in [2.75, 3.05) is 0 Å². The van der Waals surface area contributed by atoms with Gasteiger partial charge in [0.05, 0.1) is 5.38 Å². The van der Waals surface area contributed by atoms with E-state index in [2.05, 4.69) is 31.2 Å². The molecule has 0 aromatic heterocycles. The molecular formula is C9H13ClSi. The predicted octanol–water partition coefficient (Wildman–Crippen LogP) is 1.37. The van der Waals surface area contributed by atoms with Gasteiger partial charge in [-0.25, -0.2) is 0 Å². The van der Waals surface area contributed by atoms with Crippen LogP contribution in [-0.2, 0) is 0 Å². The lowest BCUT2D eigenvalue weighted by atomic mass is 10.1. The van der Waals surface area contributed by atoms with Gasteiger partial charge in [-0.2, -0.15) is 0 Å². The minimum absolute atomic E-state index is 0.212. The van der Waals surface area contributed by atoms with Crippen molar-refractivity contribution in [3.05, 3.63) is 29.8 Å². The topological polar surface area (TPSA) is 0 Å². The van der Waals surface area contributed by atoms with Crippen molar-refractivity contribution in [3.8, 4) is 0 Å². The minimum atomic E-state index is 0.212. The molecule has 1 unspecified atom stereocenters. The Hall–Kier alpha value is -0.273. The molecule has 0 N–H and O–H groups in total. The number of alkyl halides is 1. The van der Waals surface area contributed by atoms with Crippen molar-refractivity contribution in [2.45, 2.75) is 18.7 Å². The number of rotatable bonds is 2. The van der Waals surface area contributed by atoms with E-state index in [1.807, 2.05) is 0 Å². The van der Waals surface area contributed by atoms with Crippen LogP contribution < -0.4 is 5.19 Å². The Kier molecular flexibility index (Phi) is 3.15. The van der Waals surface area contributed by atoms with E-state index in [9.17, 15) is 0 Å². The van der Waals surface area contributed by atoms with E-state index in [0.717, 1.165) is 16.7 Å². The monoisotopic (exact) mass is 184 g/mol. The molecular weight excluding hydrogens is 172 g/mol. The van der Waals surface area contributed by atoms with Crippen LogP contribution in [0, 0.1) is 0 Å². The molecule has 0 nitrogen and oxygen atoms in total. The van der Waals surface area contributed by atoms with Crippen LogP contribution in [0.3, 0.4) is 0 Å². The van der Waals surface area contributed by atoms with Gasteiger partial charge in [0.1, 0.15) is 0 Å². The van der Waals surface area contributed by atoms with Gasteiger partial charge < -0.3 is 0 Å². The summed E-state index contributed by atoms with van der Waals surface area (Å²) in [5, 5.41) is 1.64. The Morgan fingerprint density at radius 1 is 1.45 bits per heavy atom. The normalized spacial score (nSPS) is 13.3. The smallest absolute Gasteiger partial charge is 0.0581 e. The van der Waals surface area contributed by atoms with Gasteiger partial charge in [0.25, 0.3) is 0 Å². The van der Waals surface area contributed by atoms with Crippen LogP contribution in [0.5, 0.6) is 0 Å². The van der Waals surface area contributed by atoms with Crippen LogP contribution in [0.2, 0.25) is 0 Å². The molecule has 0 saturated heterocycles. The maximum Gasteiger partial charge on any atom is 0.0581 e. The molecule has 11 heavy (non-hydrogen) atoms. The summed E-state index contributed by atoms with van der Waals surface area (Å²) in [5.41, 5.74) is 1.32. The van der Waals surface area contributed by atoms with E-state index < -0.39 is 0 Å². The average Bonchev–Trinajstić information content (AvgIpc) is 2.04. The highest BCUT2D eigenvalue weighted by atomic mass is 35.5. The summed E-state index contributed by atoms with van der Waals surface area (Å²) in [5.74, 6) is 0. The largest absolute Gasteiger partial charge is 0.118 e. The molecule has 0 fully saturated rings. The van der Waals surface area contributed by atoms with Gasteiger partial charge in [-0.3, -0.25) is 0 Å². The van der Waals surface area contributed by atoms with Gasteiger partial charge in [0, 0.05) is 10.2 Å². The summed E-state index contributed by atoms with van der Waals surface area (Å²) < 4.78 is 0. The predicted molar refractivity (Wildman–Crippen MR) is 54.9 cm³/mol. The van der Waals surface area contributed by atoms with Gasteiger partial charge in [0.15, 0.2) is 0 Å². The molecule has 0 saturated carbocycles. The van der Waals surface area contributed by atoms with Crippen molar-refractivity contribution < 1.29 is 0 Å². The Bertz CT molecular complexity index is 235. The molecule has 1 aromatic carbocycles. The first-order chi connectivity index (χ1) is 5.25. The second-order valence-corrected chi connectivity index (χ2v) is 4.34. The zero-order valence-electron chi connectivity index (χ0n) is 6.97. The van der Waals surface area contributed by atoms with Crippen molar-refractivity contribution in [2.24, 2.45) is 0 Å². The molecule has 0 amide bonds. The maximum absolute atomic E-state index is 6.12. The quantitative estimate of drug-likeness (QED) is 0.481. The molecule has 1 rings (SSSR count). The molecule has 2 heteroatoms. The van der Waals surface area contributed by atoms with Crippen LogP contribution in [0.4, 0.5) is 0 Å². The molecule has 0 spiro atoms. The highest BCUT2D eigenvalue weighted by Gasteiger charge is 2.05. The lowest BCUT2D eigenvalue weighted by Gasteiger charge is -2.09. The third kappa shape index (κ3) is 2.08. The molecule has 60 valence electrons. The fourth-order valence-corrected chi connectivity index (χ4v) is 2.29. The molecule has 0 aliphatic carbocycles. The standard InChI is InChI=1S/C9H13ClSi/c1-2-8(10)7-5-3-4-6-9(7)11/h3-6,8H,2H2,1,11H3. The van der Waals surface area contributed by atoms with Crippen LogP contribution in [-0.4, -0.2) is 10.2 Å². The van der Waals surface area contributed by atoms with Gasteiger partial charge >= 0.3 is 0 Å². The number of benzene rings is 1. The summed E-state index contributed by atoms with van der Waals surface area (Å²) >= 11 is 6.12. The van der Waals surface area contributed by atoms with Crippen LogP contribution in [0.25, 0.3) is 0 Å². The zero-order valence-corrected chi connectivity index (χ0v) is 9.73. The van der Waals surface area contributed by atoms with Gasteiger partial charge in [-0.05, 0) is 12.0 Å². The maximum atomic E-state index is 6.12. The molecule has 0 heterocycles. The van der Waals surface area contributed by atoms with Crippen molar-refractivity contribution in [1.82, 2.24) is 0 Å². The first-order valence-electron chi connectivity index (χ1n) is 3.95. The number of hydrogen-bond acceptors (Lipinski definition) is 0. The summed E-state index contributed by atoms with van der Waals surface area (Å²) in [7, 11) is 1.09. The fraction of sp³-hybridized carbons (Fsp3) is 0.333. The summed E-state index contributed by atoms with van der Waals surface area (Å²) in [6.45, 7) is 2.12. The van der Waals surface area contributed by atoms with Crippen LogP contribution in [0.1, 0.15) is 24.3 Å². The van der Waals surface area contributed by atoms with Gasteiger partial charge in [-0.15, -0.1) is 11.6 Å². The van der Waals surface area contributed by atoms with Gasteiger partial charge in [-0.1, -0.05) is 36.4 Å². The molecule has 0 radical (unpaired) electrons. The third-order valence-electron chi connectivity index (χ3n) is 1.88. The van der Waals surface area contributed by atoms with E-state index in [4.69, 9.17) is 11.6 Å². The second-order valence-electron chi connectivity index (χ2n) is 2.73. The SMILES string of the molecule is CCC(Cl)c1ccccc1[SiH3]. The zero-order chi connectivity index (χ0) is 8.27. The number of hydrogen-bond donors (Lipinski definition) is 0. The van der Waals surface area contributed by atoms with E-state index in [1.165, 1.54) is 10.8 Å². The van der Waals surface area contributed by atoms with Crippen LogP contribution >= 0.6 is 11.6 Å². The molecule has 1 atom stereocenters. The highest BCUT2D eigenvalue weighted by molar-refractivity contribution is 6.34. The average molecular weight is 185 g/mol. The summed E-state index contributed by atoms with van der Waals surface area (Å²) in [4.78, 5) is 0. The second kappa shape index (κ2) is 3.93. The summed E-state index contributed by atoms with van der Waals surface area (Å²) in [6, 6.07) is 8.42. The molecule has 0 bridgehead atoms. The summed E-state index contributed by atoms with van der Waals surface area (Å²) in [6.07, 6.45) is 1.01. The Morgan fingerprint density at radius 2 is 2.09 bits per heavy atom. The highest BCUT2D eigenvalue weighted by Crippen LogP contribution is 2.20. The molecule has 0 aliphatic rings. The van der Waals surface area contributed by atoms with Crippen molar-refractivity contribution >= 4 is 27.0 Å². The van der Waals surface area contributed by atoms with Gasteiger partial charge in [0.2, 0.25) is 0 Å². The fourth-order valence-electron chi connectivity index (χ4n) is 1.16. The Balaban J connectivity index is 2.93. The lowest BCUT2D eigenvalue weighted by molar-refractivity contribution is 0.889. The lowest BCUT2D eigenvalue weighted by Crippen LogP contribution is -2.10. The van der Waals surface area contributed by atoms with Crippen LogP contribution in [0.15, 0.2) is 24.3 Å². The number of halogens is 1. The van der Waals surface area contributed by atoms with E-state index in [-0.39, 0.29) is 5.38 Å². The van der Waals surface area contributed by atoms with E-state index in [1.54, 1.807) is 0 Å². The van der Waals surface area contributed by atoms with E-state index >= 15 is 0 Å². The molecule has 1 aromatic rings. The third-order valence-corrected chi connectivity index (χ3v) is 3.34. The van der Waals surface area contributed by atoms with E-state index in [0.29, 0.717) is 0 Å². The Labute approximate surface area is 76.0 Å². The minimum Gasteiger partial charge on any atom is -0.118 e. The van der Waals surface area contributed by atoms with Crippen molar-refractivity contribution in [1.29, 1.82) is 0 Å². The van der Waals surface area contributed by atoms with Crippen molar-refractivity contribution in [3.63, 3.8) is 0 Å². The molecule has 0 aliphatic heterocycles. The first-order valence-corrected chi connectivity index (χ1v) is 5.39.